The molecule has 2 aromatic rings. The lowest BCUT2D eigenvalue weighted by atomic mass is 10.1. The van der Waals surface area contributed by atoms with Gasteiger partial charge in [-0.3, -0.25) is 9.59 Å². The molecule has 0 saturated carbocycles. The standard InChI is InChI=1S/C22H27N3O6/c1-22(2,3)31-21(28)23-13-19(26)24-15-8-6-7-9-16(15)25-20(27)14-10-11-17(29-4)18(12-14)30-5/h6-12H,13H2,1-5H3,(H,23,28)(H,24,26)(H,25,27). The van der Waals surface area contributed by atoms with Crippen LogP contribution in [0.15, 0.2) is 42.5 Å². The second-order valence-electron chi connectivity index (χ2n) is 7.47. The fourth-order valence-electron chi connectivity index (χ4n) is 2.53. The Kier molecular flexibility index (Phi) is 7.84. The molecule has 9 nitrogen and oxygen atoms in total. The van der Waals surface area contributed by atoms with Crippen molar-refractivity contribution in [1.29, 1.82) is 0 Å². The molecule has 166 valence electrons. The molecule has 0 aromatic heterocycles. The second-order valence-corrected chi connectivity index (χ2v) is 7.47. The van der Waals surface area contributed by atoms with Crippen LogP contribution in [-0.2, 0) is 9.53 Å². The highest BCUT2D eigenvalue weighted by molar-refractivity contribution is 6.07. The van der Waals surface area contributed by atoms with E-state index in [1.165, 1.54) is 14.2 Å². The summed E-state index contributed by atoms with van der Waals surface area (Å²) in [5.74, 6) is 0.0577. The van der Waals surface area contributed by atoms with E-state index in [4.69, 9.17) is 14.2 Å². The number of rotatable bonds is 7. The van der Waals surface area contributed by atoms with Gasteiger partial charge in [0.05, 0.1) is 25.6 Å². The molecule has 0 spiro atoms. The maximum absolute atomic E-state index is 12.7. The molecule has 0 aliphatic rings. The molecule has 31 heavy (non-hydrogen) atoms. The van der Waals surface area contributed by atoms with E-state index in [0.717, 1.165) is 0 Å². The third kappa shape index (κ3) is 7.22. The van der Waals surface area contributed by atoms with Crippen molar-refractivity contribution in [2.45, 2.75) is 26.4 Å². The summed E-state index contributed by atoms with van der Waals surface area (Å²) in [7, 11) is 2.99. The number of alkyl carbamates (subject to hydrolysis) is 1. The smallest absolute Gasteiger partial charge is 0.408 e. The molecule has 0 heterocycles. The van der Waals surface area contributed by atoms with Crippen LogP contribution < -0.4 is 25.4 Å². The Labute approximate surface area is 181 Å². The van der Waals surface area contributed by atoms with Gasteiger partial charge in [0.15, 0.2) is 11.5 Å². The fourth-order valence-corrected chi connectivity index (χ4v) is 2.53. The number of hydrogen-bond donors (Lipinski definition) is 3. The summed E-state index contributed by atoms with van der Waals surface area (Å²) in [5.41, 5.74) is 0.465. The first-order valence-electron chi connectivity index (χ1n) is 9.52. The predicted octanol–water partition coefficient (Wildman–Crippen LogP) is 3.42. The average molecular weight is 429 g/mol. The van der Waals surface area contributed by atoms with Gasteiger partial charge in [-0.1, -0.05) is 12.1 Å². The molecule has 0 aliphatic heterocycles. The third-order valence-corrected chi connectivity index (χ3v) is 3.89. The minimum atomic E-state index is -0.697. The first kappa shape index (κ1) is 23.5. The van der Waals surface area contributed by atoms with Crippen LogP contribution in [0.3, 0.4) is 0 Å². The lowest BCUT2D eigenvalue weighted by Crippen LogP contribution is -2.37. The SMILES string of the molecule is COc1ccc(C(=O)Nc2ccccc2NC(=O)CNC(=O)OC(C)(C)C)cc1OC. The summed E-state index contributed by atoms with van der Waals surface area (Å²) in [4.78, 5) is 36.6. The third-order valence-electron chi connectivity index (χ3n) is 3.89. The Morgan fingerprint density at radius 3 is 2.06 bits per heavy atom. The van der Waals surface area contributed by atoms with Gasteiger partial charge in [-0.15, -0.1) is 0 Å². The molecule has 3 N–H and O–H groups in total. The van der Waals surface area contributed by atoms with Crippen molar-refractivity contribution in [2.75, 3.05) is 31.4 Å². The van der Waals surface area contributed by atoms with E-state index in [0.29, 0.717) is 28.4 Å². The Balaban J connectivity index is 2.04. The quantitative estimate of drug-likeness (QED) is 0.621. The number of anilines is 2. The molecule has 0 unspecified atom stereocenters. The van der Waals surface area contributed by atoms with Crippen molar-refractivity contribution >= 4 is 29.3 Å². The van der Waals surface area contributed by atoms with E-state index in [-0.39, 0.29) is 6.54 Å². The number of benzene rings is 2. The fraction of sp³-hybridized carbons (Fsp3) is 0.318. The van der Waals surface area contributed by atoms with Gasteiger partial charge >= 0.3 is 6.09 Å². The van der Waals surface area contributed by atoms with Crippen molar-refractivity contribution in [3.8, 4) is 11.5 Å². The molecular weight excluding hydrogens is 402 g/mol. The zero-order chi connectivity index (χ0) is 23.0. The van der Waals surface area contributed by atoms with Crippen LogP contribution in [0.2, 0.25) is 0 Å². The predicted molar refractivity (Wildman–Crippen MR) is 117 cm³/mol. The zero-order valence-electron chi connectivity index (χ0n) is 18.2. The first-order chi connectivity index (χ1) is 14.6. The number of hydrogen-bond acceptors (Lipinski definition) is 6. The average Bonchev–Trinajstić information content (AvgIpc) is 2.71. The van der Waals surface area contributed by atoms with E-state index >= 15 is 0 Å². The van der Waals surface area contributed by atoms with Crippen molar-refractivity contribution in [3.05, 3.63) is 48.0 Å². The van der Waals surface area contributed by atoms with E-state index in [1.807, 2.05) is 0 Å². The van der Waals surface area contributed by atoms with Gasteiger partial charge in [-0.25, -0.2) is 4.79 Å². The van der Waals surface area contributed by atoms with Gasteiger partial charge in [-0.2, -0.15) is 0 Å². The van der Waals surface area contributed by atoms with Gasteiger partial charge in [-0.05, 0) is 51.1 Å². The Morgan fingerprint density at radius 1 is 0.871 bits per heavy atom. The maximum atomic E-state index is 12.7. The maximum Gasteiger partial charge on any atom is 0.408 e. The highest BCUT2D eigenvalue weighted by Gasteiger charge is 2.17. The number of amides is 3. The molecule has 0 fully saturated rings. The van der Waals surface area contributed by atoms with E-state index < -0.39 is 23.5 Å². The Hall–Kier alpha value is -3.75. The van der Waals surface area contributed by atoms with Gasteiger partial charge in [0.25, 0.3) is 5.91 Å². The van der Waals surface area contributed by atoms with Crippen LogP contribution in [0.25, 0.3) is 0 Å². The van der Waals surface area contributed by atoms with Crippen molar-refractivity contribution in [1.82, 2.24) is 5.32 Å². The molecule has 0 radical (unpaired) electrons. The molecule has 0 saturated heterocycles. The summed E-state index contributed by atoms with van der Waals surface area (Å²) in [6, 6.07) is 11.5. The molecular formula is C22H27N3O6. The van der Waals surface area contributed by atoms with E-state index in [2.05, 4.69) is 16.0 Å². The molecule has 2 aromatic carbocycles. The second kappa shape index (κ2) is 10.3. The largest absolute Gasteiger partial charge is 0.493 e. The molecule has 0 atom stereocenters. The van der Waals surface area contributed by atoms with Crippen molar-refractivity contribution in [3.63, 3.8) is 0 Å². The van der Waals surface area contributed by atoms with Crippen LogP contribution in [-0.4, -0.2) is 44.3 Å². The number of carbonyl (C=O) groups is 3. The van der Waals surface area contributed by atoms with Crippen LogP contribution >= 0.6 is 0 Å². The topological polar surface area (TPSA) is 115 Å². The summed E-state index contributed by atoms with van der Waals surface area (Å²) in [6.45, 7) is 4.89. The molecule has 0 aliphatic carbocycles. The molecule has 9 heteroatoms. The van der Waals surface area contributed by atoms with Crippen molar-refractivity contribution in [2.24, 2.45) is 0 Å². The van der Waals surface area contributed by atoms with Crippen LogP contribution in [0.1, 0.15) is 31.1 Å². The molecule has 3 amide bonds. The number of methoxy groups -OCH3 is 2. The van der Waals surface area contributed by atoms with Crippen LogP contribution in [0, 0.1) is 0 Å². The van der Waals surface area contributed by atoms with Crippen LogP contribution in [0.5, 0.6) is 11.5 Å². The first-order valence-corrected chi connectivity index (χ1v) is 9.52. The van der Waals surface area contributed by atoms with Gasteiger partial charge < -0.3 is 30.2 Å². The summed E-state index contributed by atoms with van der Waals surface area (Å²) >= 11 is 0. The number of nitrogens with one attached hydrogen (secondary N) is 3. The molecule has 2 rings (SSSR count). The normalized spacial score (nSPS) is 10.6. The summed E-state index contributed by atoms with van der Waals surface area (Å²) < 4.78 is 15.5. The number of ether oxygens (including phenoxy) is 3. The van der Waals surface area contributed by atoms with Crippen molar-refractivity contribution < 1.29 is 28.6 Å². The minimum Gasteiger partial charge on any atom is -0.493 e. The lowest BCUT2D eigenvalue weighted by Gasteiger charge is -2.19. The van der Waals surface area contributed by atoms with Gasteiger partial charge in [0.1, 0.15) is 12.1 Å². The highest BCUT2D eigenvalue weighted by atomic mass is 16.6. The minimum absolute atomic E-state index is 0.285. The summed E-state index contributed by atoms with van der Waals surface area (Å²) in [6.07, 6.45) is -0.697. The van der Waals surface area contributed by atoms with Gasteiger partial charge in [0, 0.05) is 5.56 Å². The van der Waals surface area contributed by atoms with Gasteiger partial charge in [0.2, 0.25) is 5.91 Å². The lowest BCUT2D eigenvalue weighted by molar-refractivity contribution is -0.115. The Bertz CT molecular complexity index is 953. The Morgan fingerprint density at radius 2 is 1.48 bits per heavy atom. The van der Waals surface area contributed by atoms with Crippen LogP contribution in [0.4, 0.5) is 16.2 Å². The van der Waals surface area contributed by atoms with E-state index in [1.54, 1.807) is 63.2 Å². The number of carbonyl (C=O) groups excluding carboxylic acids is 3. The highest BCUT2D eigenvalue weighted by Crippen LogP contribution is 2.28. The van der Waals surface area contributed by atoms with E-state index in [9.17, 15) is 14.4 Å². The number of para-hydroxylation sites is 2. The zero-order valence-corrected chi connectivity index (χ0v) is 18.2. The molecule has 0 bridgehead atoms. The summed E-state index contributed by atoms with van der Waals surface area (Å²) in [5, 5.41) is 7.80. The monoisotopic (exact) mass is 429 g/mol.